The number of hydrogen-bond acceptors (Lipinski definition) is 4. The highest BCUT2D eigenvalue weighted by Crippen LogP contribution is 2.33. The minimum absolute atomic E-state index is 0.0481. The SMILES string of the molecule is Cc1ccc(CN(C(=O)CN(c2cccc(C(F)(F)F)c2)S(=O)(=O)c2ccccc2)[C@H](Cc2ccccc2)C(=O)NCC(C)C)cc1. The second-order valence-corrected chi connectivity index (χ2v) is 13.6. The number of amides is 2. The Morgan fingerprint density at radius 3 is 2.02 bits per heavy atom. The topological polar surface area (TPSA) is 86.8 Å². The van der Waals surface area contributed by atoms with Gasteiger partial charge in [-0.15, -0.1) is 0 Å². The molecule has 1 N–H and O–H groups in total. The van der Waals surface area contributed by atoms with Gasteiger partial charge in [-0.2, -0.15) is 13.2 Å². The molecule has 248 valence electrons. The van der Waals surface area contributed by atoms with E-state index in [0.717, 1.165) is 23.3 Å². The highest BCUT2D eigenvalue weighted by Gasteiger charge is 2.36. The summed E-state index contributed by atoms with van der Waals surface area (Å²) in [5, 5.41) is 2.91. The number of sulfonamides is 1. The van der Waals surface area contributed by atoms with Crippen LogP contribution in [0.25, 0.3) is 0 Å². The van der Waals surface area contributed by atoms with Crippen molar-refractivity contribution in [2.75, 3.05) is 17.4 Å². The third-order valence-corrected chi connectivity index (χ3v) is 9.29. The van der Waals surface area contributed by atoms with Crippen molar-refractivity contribution >= 4 is 27.5 Å². The maximum absolute atomic E-state index is 14.4. The Kier molecular flexibility index (Phi) is 11.5. The van der Waals surface area contributed by atoms with Crippen molar-refractivity contribution in [3.63, 3.8) is 0 Å². The summed E-state index contributed by atoms with van der Waals surface area (Å²) >= 11 is 0. The van der Waals surface area contributed by atoms with Crippen LogP contribution in [0.1, 0.15) is 36.1 Å². The van der Waals surface area contributed by atoms with Gasteiger partial charge in [-0.1, -0.05) is 98.3 Å². The van der Waals surface area contributed by atoms with E-state index in [9.17, 15) is 31.2 Å². The van der Waals surface area contributed by atoms with Crippen molar-refractivity contribution in [3.05, 3.63) is 131 Å². The summed E-state index contributed by atoms with van der Waals surface area (Å²) in [7, 11) is -4.53. The van der Waals surface area contributed by atoms with Crippen LogP contribution in [-0.4, -0.2) is 44.3 Å². The molecule has 1 atom stereocenters. The molecule has 2 amide bonds. The Balaban J connectivity index is 1.83. The van der Waals surface area contributed by atoms with Crippen LogP contribution < -0.4 is 9.62 Å². The summed E-state index contributed by atoms with van der Waals surface area (Å²) in [6.07, 6.45) is -4.63. The van der Waals surface area contributed by atoms with Gasteiger partial charge >= 0.3 is 6.18 Å². The smallest absolute Gasteiger partial charge is 0.354 e. The highest BCUT2D eigenvalue weighted by atomic mass is 32.2. The molecular formula is C36H38F3N3O4S. The summed E-state index contributed by atoms with van der Waals surface area (Å²) < 4.78 is 70.0. The molecule has 4 aromatic rings. The number of halogens is 3. The van der Waals surface area contributed by atoms with Crippen LogP contribution in [0.15, 0.2) is 114 Å². The van der Waals surface area contributed by atoms with Gasteiger partial charge in [0.05, 0.1) is 16.1 Å². The fourth-order valence-electron chi connectivity index (χ4n) is 4.95. The minimum atomic E-state index is -4.76. The maximum atomic E-state index is 14.4. The Morgan fingerprint density at radius 1 is 0.809 bits per heavy atom. The summed E-state index contributed by atoms with van der Waals surface area (Å²) in [6, 6.07) is 26.4. The zero-order valence-corrected chi connectivity index (χ0v) is 27.3. The molecule has 0 radical (unpaired) electrons. The van der Waals surface area contributed by atoms with E-state index in [1.165, 1.54) is 35.2 Å². The van der Waals surface area contributed by atoms with Crippen LogP contribution in [0.4, 0.5) is 18.9 Å². The number of anilines is 1. The molecule has 0 spiro atoms. The van der Waals surface area contributed by atoms with E-state index in [2.05, 4.69) is 5.32 Å². The van der Waals surface area contributed by atoms with E-state index >= 15 is 0 Å². The van der Waals surface area contributed by atoms with Crippen LogP contribution in [0.2, 0.25) is 0 Å². The Hall–Kier alpha value is -4.64. The molecule has 0 aliphatic heterocycles. The van der Waals surface area contributed by atoms with Gasteiger partial charge in [-0.05, 0) is 54.3 Å². The first kappa shape index (κ1) is 35.2. The van der Waals surface area contributed by atoms with E-state index in [1.54, 1.807) is 6.07 Å². The van der Waals surface area contributed by atoms with Gasteiger partial charge in [-0.25, -0.2) is 8.42 Å². The molecule has 4 rings (SSSR count). The molecular weight excluding hydrogens is 627 g/mol. The Labute approximate surface area is 274 Å². The number of carbonyl (C=O) groups excluding carboxylic acids is 2. The zero-order valence-electron chi connectivity index (χ0n) is 26.4. The molecule has 0 unspecified atom stereocenters. The molecule has 0 aliphatic carbocycles. The quantitative estimate of drug-likeness (QED) is 0.174. The van der Waals surface area contributed by atoms with Gasteiger partial charge in [0.1, 0.15) is 12.6 Å². The predicted octanol–water partition coefficient (Wildman–Crippen LogP) is 6.62. The monoisotopic (exact) mass is 665 g/mol. The second kappa shape index (κ2) is 15.3. The zero-order chi connectivity index (χ0) is 34.2. The molecule has 0 bridgehead atoms. The van der Waals surface area contributed by atoms with Crippen LogP contribution in [0, 0.1) is 12.8 Å². The molecule has 0 saturated carbocycles. The fraction of sp³-hybridized carbons (Fsp3) is 0.278. The third-order valence-electron chi connectivity index (χ3n) is 7.50. The molecule has 7 nitrogen and oxygen atoms in total. The van der Waals surface area contributed by atoms with Crippen molar-refractivity contribution in [3.8, 4) is 0 Å². The normalized spacial score (nSPS) is 12.4. The minimum Gasteiger partial charge on any atom is -0.354 e. The van der Waals surface area contributed by atoms with E-state index in [-0.39, 0.29) is 29.5 Å². The Bertz CT molecular complexity index is 1750. The lowest BCUT2D eigenvalue weighted by molar-refractivity contribution is -0.140. The summed E-state index contributed by atoms with van der Waals surface area (Å²) in [5.74, 6) is -1.08. The third kappa shape index (κ3) is 9.45. The lowest BCUT2D eigenvalue weighted by Gasteiger charge is -2.34. The first-order valence-corrected chi connectivity index (χ1v) is 16.6. The summed E-state index contributed by atoms with van der Waals surface area (Å²) in [4.78, 5) is 29.4. The number of alkyl halides is 3. The van der Waals surface area contributed by atoms with E-state index in [4.69, 9.17) is 0 Å². The van der Waals surface area contributed by atoms with Crippen LogP contribution >= 0.6 is 0 Å². The van der Waals surface area contributed by atoms with Crippen molar-refractivity contribution in [1.29, 1.82) is 0 Å². The highest BCUT2D eigenvalue weighted by molar-refractivity contribution is 7.92. The van der Waals surface area contributed by atoms with Crippen molar-refractivity contribution in [2.45, 2.75) is 50.9 Å². The van der Waals surface area contributed by atoms with Gasteiger partial charge in [0.2, 0.25) is 11.8 Å². The average Bonchev–Trinajstić information content (AvgIpc) is 3.05. The predicted molar refractivity (Wildman–Crippen MR) is 176 cm³/mol. The number of rotatable bonds is 13. The Morgan fingerprint density at radius 2 is 1.43 bits per heavy atom. The molecule has 0 aromatic heterocycles. The van der Waals surface area contributed by atoms with Gasteiger partial charge in [0, 0.05) is 19.5 Å². The lowest BCUT2D eigenvalue weighted by atomic mass is 10.0. The number of carbonyl (C=O) groups is 2. The van der Waals surface area contributed by atoms with E-state index in [1.807, 2.05) is 75.4 Å². The molecule has 0 saturated heterocycles. The van der Waals surface area contributed by atoms with Gasteiger partial charge in [0.15, 0.2) is 0 Å². The maximum Gasteiger partial charge on any atom is 0.416 e. The molecule has 0 heterocycles. The number of hydrogen-bond donors (Lipinski definition) is 1. The van der Waals surface area contributed by atoms with E-state index in [0.29, 0.717) is 22.5 Å². The molecule has 4 aromatic carbocycles. The second-order valence-electron chi connectivity index (χ2n) is 11.7. The van der Waals surface area contributed by atoms with Gasteiger partial charge < -0.3 is 10.2 Å². The number of nitrogens with zero attached hydrogens (tertiary/aromatic N) is 2. The summed E-state index contributed by atoms with van der Waals surface area (Å²) in [5.41, 5.74) is 1.03. The summed E-state index contributed by atoms with van der Waals surface area (Å²) in [6.45, 7) is 5.22. The lowest BCUT2D eigenvalue weighted by Crippen LogP contribution is -2.53. The van der Waals surface area contributed by atoms with Crippen molar-refractivity contribution in [1.82, 2.24) is 10.2 Å². The average molecular weight is 666 g/mol. The molecule has 0 aliphatic rings. The molecule has 47 heavy (non-hydrogen) atoms. The van der Waals surface area contributed by atoms with Gasteiger partial charge in [0.25, 0.3) is 10.0 Å². The standard InChI is InChI=1S/C36H38F3N3O4S/c1-26(2)23-40-35(44)33(21-28-11-6-4-7-12-28)41(24-29-19-17-27(3)18-20-29)34(43)25-42(47(45,46)32-15-8-5-9-16-32)31-14-10-13-30(22-31)36(37,38)39/h4-20,22,26,33H,21,23-25H2,1-3H3,(H,40,44)/t33-/m1/s1. The first-order chi connectivity index (χ1) is 22.3. The fourth-order valence-corrected chi connectivity index (χ4v) is 6.38. The van der Waals surface area contributed by atoms with Crippen molar-refractivity contribution < 1.29 is 31.2 Å². The number of aryl methyl sites for hydroxylation is 1. The largest absolute Gasteiger partial charge is 0.416 e. The van der Waals surface area contributed by atoms with E-state index < -0.39 is 46.2 Å². The van der Waals surface area contributed by atoms with Crippen LogP contribution in [-0.2, 0) is 38.8 Å². The number of nitrogens with one attached hydrogen (secondary N) is 1. The van der Waals surface area contributed by atoms with Gasteiger partial charge in [-0.3, -0.25) is 13.9 Å². The van der Waals surface area contributed by atoms with Crippen LogP contribution in [0.5, 0.6) is 0 Å². The first-order valence-electron chi connectivity index (χ1n) is 15.2. The molecule has 0 fully saturated rings. The van der Waals surface area contributed by atoms with Crippen LogP contribution in [0.3, 0.4) is 0 Å². The number of benzene rings is 4. The molecule has 11 heteroatoms. The van der Waals surface area contributed by atoms with Crippen molar-refractivity contribution in [2.24, 2.45) is 5.92 Å².